The average molecular weight is 408 g/mol. The molecule has 2 N–H and O–H groups in total. The van der Waals surface area contributed by atoms with Crippen molar-refractivity contribution in [3.05, 3.63) is 60.2 Å². The third-order valence-electron chi connectivity index (χ3n) is 4.30. The quantitative estimate of drug-likeness (QED) is 0.594. The molecule has 0 spiro atoms. The van der Waals surface area contributed by atoms with Gasteiger partial charge in [-0.2, -0.15) is 0 Å². The second-order valence-corrected chi connectivity index (χ2v) is 6.94. The smallest absolute Gasteiger partial charge is 0.240 e. The number of aryl methyl sites for hydroxylation is 1. The predicted molar refractivity (Wildman–Crippen MR) is 114 cm³/mol. The lowest BCUT2D eigenvalue weighted by molar-refractivity contribution is -0.119. The Balaban J connectivity index is 1.48. The van der Waals surface area contributed by atoms with Crippen LogP contribution in [0.5, 0.6) is 5.75 Å². The summed E-state index contributed by atoms with van der Waals surface area (Å²) in [6, 6.07) is 16.6. The van der Waals surface area contributed by atoms with Crippen molar-refractivity contribution in [1.29, 1.82) is 0 Å². The monoisotopic (exact) mass is 408 g/mol. The van der Waals surface area contributed by atoms with E-state index in [1.165, 1.54) is 0 Å². The Morgan fingerprint density at radius 2 is 1.73 bits per heavy atom. The van der Waals surface area contributed by atoms with E-state index in [1.807, 2.05) is 31.2 Å². The summed E-state index contributed by atoms with van der Waals surface area (Å²) in [5, 5.41) is 9.41. The topological polar surface area (TPSA) is 96.7 Å². The molecule has 0 radical (unpaired) electrons. The molecule has 1 aromatic heterocycles. The van der Waals surface area contributed by atoms with Crippen molar-refractivity contribution in [2.45, 2.75) is 6.92 Å². The first-order chi connectivity index (χ1) is 14.4. The first kappa shape index (κ1) is 21.1. The van der Waals surface area contributed by atoms with Gasteiger partial charge in [0.1, 0.15) is 11.4 Å². The van der Waals surface area contributed by atoms with Gasteiger partial charge >= 0.3 is 0 Å². The van der Waals surface area contributed by atoms with E-state index in [4.69, 9.17) is 9.26 Å². The minimum absolute atomic E-state index is 0.0199. The zero-order valence-corrected chi connectivity index (χ0v) is 17.1. The van der Waals surface area contributed by atoms with Crippen molar-refractivity contribution in [2.24, 2.45) is 0 Å². The van der Waals surface area contributed by atoms with Gasteiger partial charge in [0.25, 0.3) is 0 Å². The second kappa shape index (κ2) is 9.71. The number of carbonyl (C=O) groups is 2. The van der Waals surface area contributed by atoms with Crippen LogP contribution in [-0.4, -0.2) is 49.1 Å². The molecule has 3 aromatic rings. The van der Waals surface area contributed by atoms with Gasteiger partial charge in [-0.25, -0.2) is 0 Å². The molecule has 30 heavy (non-hydrogen) atoms. The standard InChI is InChI=1S/C22H24N4O4/c1-15-7-9-16(10-8-15)19-12-22(30-25-19)24-21(28)14-26(2)13-20(27)23-17-5-4-6-18(11-17)29-3/h4-12H,13-14H2,1-3H3,(H,23,27)(H,24,28). The lowest BCUT2D eigenvalue weighted by Gasteiger charge is -2.15. The third-order valence-corrected chi connectivity index (χ3v) is 4.30. The molecule has 0 aliphatic rings. The van der Waals surface area contributed by atoms with Gasteiger partial charge in [-0.05, 0) is 26.1 Å². The van der Waals surface area contributed by atoms with Crippen LogP contribution in [0.25, 0.3) is 11.3 Å². The molecular formula is C22H24N4O4. The number of rotatable bonds is 8. The summed E-state index contributed by atoms with van der Waals surface area (Å²) in [7, 11) is 3.24. The van der Waals surface area contributed by atoms with Crippen LogP contribution in [0, 0.1) is 6.92 Å². The van der Waals surface area contributed by atoms with E-state index in [9.17, 15) is 9.59 Å². The number of nitrogens with one attached hydrogen (secondary N) is 2. The number of ether oxygens (including phenoxy) is 1. The van der Waals surface area contributed by atoms with Gasteiger partial charge in [-0.1, -0.05) is 41.1 Å². The average Bonchev–Trinajstić information content (AvgIpc) is 3.16. The zero-order chi connectivity index (χ0) is 21.5. The fourth-order valence-electron chi connectivity index (χ4n) is 2.82. The van der Waals surface area contributed by atoms with E-state index in [0.717, 1.165) is 11.1 Å². The predicted octanol–water partition coefficient (Wildman–Crippen LogP) is 3.17. The first-order valence-corrected chi connectivity index (χ1v) is 9.39. The molecule has 0 saturated heterocycles. The number of anilines is 2. The number of nitrogens with zero attached hydrogens (tertiary/aromatic N) is 2. The number of carbonyl (C=O) groups excluding carboxylic acids is 2. The summed E-state index contributed by atoms with van der Waals surface area (Å²) in [6.45, 7) is 2.08. The lowest BCUT2D eigenvalue weighted by atomic mass is 10.1. The minimum Gasteiger partial charge on any atom is -0.497 e. The molecular weight excluding hydrogens is 384 g/mol. The van der Waals surface area contributed by atoms with E-state index in [-0.39, 0.29) is 30.8 Å². The number of hydrogen-bond acceptors (Lipinski definition) is 6. The maximum Gasteiger partial charge on any atom is 0.240 e. The van der Waals surface area contributed by atoms with Crippen LogP contribution in [0.3, 0.4) is 0 Å². The second-order valence-electron chi connectivity index (χ2n) is 6.94. The van der Waals surface area contributed by atoms with Gasteiger partial charge < -0.3 is 14.6 Å². The van der Waals surface area contributed by atoms with E-state index >= 15 is 0 Å². The van der Waals surface area contributed by atoms with Gasteiger partial charge in [0, 0.05) is 23.4 Å². The van der Waals surface area contributed by atoms with Crippen LogP contribution in [-0.2, 0) is 9.59 Å². The number of amides is 2. The van der Waals surface area contributed by atoms with E-state index in [0.29, 0.717) is 17.1 Å². The SMILES string of the molecule is COc1cccc(NC(=O)CN(C)CC(=O)Nc2cc(-c3ccc(C)cc3)no2)c1. The molecule has 0 aliphatic carbocycles. The largest absolute Gasteiger partial charge is 0.497 e. The summed E-state index contributed by atoms with van der Waals surface area (Å²) in [5.41, 5.74) is 3.31. The van der Waals surface area contributed by atoms with Gasteiger partial charge in [0.2, 0.25) is 17.7 Å². The highest BCUT2D eigenvalue weighted by Gasteiger charge is 2.14. The maximum atomic E-state index is 12.2. The third kappa shape index (κ3) is 5.92. The van der Waals surface area contributed by atoms with Crippen molar-refractivity contribution in [3.63, 3.8) is 0 Å². The molecule has 2 aromatic carbocycles. The Labute approximate surface area is 174 Å². The molecule has 0 aliphatic heterocycles. The van der Waals surface area contributed by atoms with E-state index in [2.05, 4.69) is 15.8 Å². The Morgan fingerprint density at radius 1 is 1.03 bits per heavy atom. The first-order valence-electron chi connectivity index (χ1n) is 9.39. The van der Waals surface area contributed by atoms with Crippen LogP contribution in [0.1, 0.15) is 5.56 Å². The number of methoxy groups -OCH3 is 1. The van der Waals surface area contributed by atoms with Crippen molar-refractivity contribution < 1.29 is 18.8 Å². The van der Waals surface area contributed by atoms with Crippen LogP contribution < -0.4 is 15.4 Å². The summed E-state index contributed by atoms with van der Waals surface area (Å²) in [5.74, 6) is 0.362. The molecule has 8 nitrogen and oxygen atoms in total. The zero-order valence-electron chi connectivity index (χ0n) is 17.1. The van der Waals surface area contributed by atoms with Crippen LogP contribution in [0.2, 0.25) is 0 Å². The summed E-state index contributed by atoms with van der Waals surface area (Å²) in [4.78, 5) is 26.0. The molecule has 8 heteroatoms. The summed E-state index contributed by atoms with van der Waals surface area (Å²) in [6.07, 6.45) is 0. The molecule has 3 rings (SSSR count). The summed E-state index contributed by atoms with van der Waals surface area (Å²) < 4.78 is 10.3. The van der Waals surface area contributed by atoms with Crippen molar-refractivity contribution in [1.82, 2.24) is 10.1 Å². The Morgan fingerprint density at radius 3 is 2.43 bits per heavy atom. The van der Waals surface area contributed by atoms with Crippen molar-refractivity contribution >= 4 is 23.4 Å². The molecule has 0 fully saturated rings. The molecule has 156 valence electrons. The van der Waals surface area contributed by atoms with Crippen LogP contribution >= 0.6 is 0 Å². The molecule has 2 amide bonds. The molecule has 0 atom stereocenters. The molecule has 1 heterocycles. The number of likely N-dealkylation sites (N-methyl/N-ethyl adjacent to an activating group) is 1. The van der Waals surface area contributed by atoms with E-state index in [1.54, 1.807) is 49.4 Å². The van der Waals surface area contributed by atoms with Crippen LogP contribution in [0.4, 0.5) is 11.6 Å². The highest BCUT2D eigenvalue weighted by Crippen LogP contribution is 2.22. The Bertz CT molecular complexity index is 1010. The van der Waals surface area contributed by atoms with Gasteiger partial charge in [0.05, 0.1) is 20.2 Å². The molecule has 0 bridgehead atoms. The van der Waals surface area contributed by atoms with Gasteiger partial charge in [-0.15, -0.1) is 0 Å². The minimum atomic E-state index is -0.307. The Kier molecular flexibility index (Phi) is 6.82. The van der Waals surface area contributed by atoms with Crippen LogP contribution in [0.15, 0.2) is 59.1 Å². The highest BCUT2D eigenvalue weighted by atomic mass is 16.5. The normalized spacial score (nSPS) is 10.7. The van der Waals surface area contributed by atoms with E-state index < -0.39 is 0 Å². The maximum absolute atomic E-state index is 12.2. The van der Waals surface area contributed by atoms with Gasteiger partial charge in [-0.3, -0.25) is 19.8 Å². The lowest BCUT2D eigenvalue weighted by Crippen LogP contribution is -2.36. The number of hydrogen-bond donors (Lipinski definition) is 2. The number of aromatic nitrogens is 1. The molecule has 0 saturated carbocycles. The summed E-state index contributed by atoms with van der Waals surface area (Å²) >= 11 is 0. The van der Waals surface area contributed by atoms with Crippen molar-refractivity contribution in [3.8, 4) is 17.0 Å². The molecule has 0 unspecified atom stereocenters. The number of benzene rings is 2. The van der Waals surface area contributed by atoms with Crippen molar-refractivity contribution in [2.75, 3.05) is 37.9 Å². The fraction of sp³-hybridized carbons (Fsp3) is 0.227. The Hall–Kier alpha value is -3.65. The highest BCUT2D eigenvalue weighted by molar-refractivity contribution is 5.94. The van der Waals surface area contributed by atoms with Gasteiger partial charge in [0.15, 0.2) is 0 Å². The fourth-order valence-corrected chi connectivity index (χ4v) is 2.82.